The summed E-state index contributed by atoms with van der Waals surface area (Å²) < 4.78 is 45.4. The van der Waals surface area contributed by atoms with E-state index in [1.54, 1.807) is 12.1 Å². The maximum atomic E-state index is 12.8. The van der Waals surface area contributed by atoms with Crippen molar-refractivity contribution in [3.8, 4) is 5.82 Å². The van der Waals surface area contributed by atoms with Gasteiger partial charge in [0.1, 0.15) is 5.84 Å². The molecule has 1 saturated heterocycles. The molecule has 3 N–H and O–H groups in total. The van der Waals surface area contributed by atoms with Crippen molar-refractivity contribution in [1.29, 1.82) is 0 Å². The van der Waals surface area contributed by atoms with Crippen molar-refractivity contribution in [3.63, 3.8) is 0 Å². The van der Waals surface area contributed by atoms with E-state index in [1.165, 1.54) is 12.4 Å². The van der Waals surface area contributed by atoms with Gasteiger partial charge < -0.3 is 15.8 Å². The Balaban J connectivity index is 0.00000289. The van der Waals surface area contributed by atoms with Crippen LogP contribution in [-0.2, 0) is 10.9 Å². The van der Waals surface area contributed by atoms with E-state index in [0.29, 0.717) is 35.6 Å². The SMILES string of the molecule is Cl.NC(=Nc1ccc([C@H]2CNCCO2)cc1Cl)c1cnn(-c2cncc(C(F)(F)F)n2)c1. The molecule has 1 aromatic carbocycles. The van der Waals surface area contributed by atoms with Crippen LogP contribution < -0.4 is 11.1 Å². The van der Waals surface area contributed by atoms with Gasteiger partial charge in [-0.1, -0.05) is 17.7 Å². The fourth-order valence-corrected chi connectivity index (χ4v) is 3.20. The molecular formula is C19H18Cl2F3N7O. The number of aromatic nitrogens is 4. The first-order valence-electron chi connectivity index (χ1n) is 9.22. The summed E-state index contributed by atoms with van der Waals surface area (Å²) >= 11 is 6.36. The lowest BCUT2D eigenvalue weighted by molar-refractivity contribution is -0.141. The van der Waals surface area contributed by atoms with Gasteiger partial charge in [0.2, 0.25) is 0 Å². The monoisotopic (exact) mass is 487 g/mol. The molecule has 0 spiro atoms. The molecule has 0 bridgehead atoms. The predicted molar refractivity (Wildman–Crippen MR) is 115 cm³/mol. The quantitative estimate of drug-likeness (QED) is 0.431. The highest BCUT2D eigenvalue weighted by atomic mass is 35.5. The number of nitrogens with one attached hydrogen (secondary N) is 1. The molecule has 8 nitrogen and oxygen atoms in total. The van der Waals surface area contributed by atoms with Crippen LogP contribution in [0.1, 0.15) is 22.9 Å². The number of alkyl halides is 3. The molecule has 3 aromatic rings. The van der Waals surface area contributed by atoms with Gasteiger partial charge in [0.25, 0.3) is 0 Å². The Hall–Kier alpha value is -2.73. The molecule has 1 aliphatic rings. The number of ether oxygens (including phenoxy) is 1. The van der Waals surface area contributed by atoms with Gasteiger partial charge in [-0.3, -0.25) is 4.98 Å². The molecule has 4 rings (SSSR count). The predicted octanol–water partition coefficient (Wildman–Crippen LogP) is 3.45. The first kappa shape index (κ1) is 23.9. The highest BCUT2D eigenvalue weighted by molar-refractivity contribution is 6.33. The molecule has 32 heavy (non-hydrogen) atoms. The zero-order valence-electron chi connectivity index (χ0n) is 16.4. The molecule has 2 aromatic heterocycles. The number of hydrogen-bond donors (Lipinski definition) is 2. The van der Waals surface area contributed by atoms with Gasteiger partial charge >= 0.3 is 6.18 Å². The Morgan fingerprint density at radius 2 is 2.09 bits per heavy atom. The number of hydrogen-bond acceptors (Lipinski definition) is 6. The van der Waals surface area contributed by atoms with E-state index < -0.39 is 11.9 Å². The number of rotatable bonds is 4. The van der Waals surface area contributed by atoms with Gasteiger partial charge in [0, 0.05) is 19.3 Å². The summed E-state index contributed by atoms with van der Waals surface area (Å²) in [7, 11) is 0. The van der Waals surface area contributed by atoms with Crippen molar-refractivity contribution >= 4 is 35.5 Å². The summed E-state index contributed by atoms with van der Waals surface area (Å²) in [6.07, 6.45) is -0.118. The third kappa shape index (κ3) is 5.36. The molecule has 170 valence electrons. The molecular weight excluding hydrogens is 470 g/mol. The molecule has 0 radical (unpaired) electrons. The van der Waals surface area contributed by atoms with Crippen LogP contribution >= 0.6 is 24.0 Å². The highest BCUT2D eigenvalue weighted by Crippen LogP contribution is 2.30. The first-order valence-corrected chi connectivity index (χ1v) is 9.59. The first-order chi connectivity index (χ1) is 14.8. The third-order valence-corrected chi connectivity index (χ3v) is 4.84. The van der Waals surface area contributed by atoms with Gasteiger partial charge in [-0.15, -0.1) is 12.4 Å². The maximum absolute atomic E-state index is 12.8. The minimum Gasteiger partial charge on any atom is -0.383 e. The summed E-state index contributed by atoms with van der Waals surface area (Å²) in [6.45, 7) is 2.12. The number of morpholine rings is 1. The second-order valence-electron chi connectivity index (χ2n) is 6.71. The van der Waals surface area contributed by atoms with Gasteiger partial charge in [0.05, 0.1) is 47.6 Å². The van der Waals surface area contributed by atoms with E-state index in [-0.39, 0.29) is 30.2 Å². The summed E-state index contributed by atoms with van der Waals surface area (Å²) in [5, 5.41) is 7.65. The highest BCUT2D eigenvalue weighted by Gasteiger charge is 2.33. The van der Waals surface area contributed by atoms with Crippen LogP contribution in [-0.4, -0.2) is 45.3 Å². The third-order valence-electron chi connectivity index (χ3n) is 4.54. The van der Waals surface area contributed by atoms with Crippen LogP contribution in [0.25, 0.3) is 5.82 Å². The van der Waals surface area contributed by atoms with Crippen molar-refractivity contribution in [2.75, 3.05) is 19.7 Å². The smallest absolute Gasteiger partial charge is 0.383 e. The molecule has 13 heteroatoms. The van der Waals surface area contributed by atoms with Gasteiger partial charge in [-0.25, -0.2) is 14.7 Å². The van der Waals surface area contributed by atoms with Gasteiger partial charge in [0.15, 0.2) is 11.5 Å². The van der Waals surface area contributed by atoms with Crippen molar-refractivity contribution in [2.24, 2.45) is 10.7 Å². The molecule has 1 atom stereocenters. The van der Waals surface area contributed by atoms with Crippen molar-refractivity contribution in [1.82, 2.24) is 25.1 Å². The van der Waals surface area contributed by atoms with Crippen LogP contribution in [0.3, 0.4) is 0 Å². The lowest BCUT2D eigenvalue weighted by Gasteiger charge is -2.24. The molecule has 3 heterocycles. The average Bonchev–Trinajstić information content (AvgIpc) is 3.26. The lowest BCUT2D eigenvalue weighted by Crippen LogP contribution is -2.33. The van der Waals surface area contributed by atoms with Crippen LogP contribution in [0, 0.1) is 0 Å². The second kappa shape index (κ2) is 9.82. The van der Waals surface area contributed by atoms with Gasteiger partial charge in [-0.05, 0) is 17.7 Å². The topological polar surface area (TPSA) is 103 Å². The molecule has 1 fully saturated rings. The summed E-state index contributed by atoms with van der Waals surface area (Å²) in [6, 6.07) is 5.36. The standard InChI is InChI=1S/C19H17ClF3N7O.ClH/c20-13-5-11(15-7-25-3-4-31-15)1-2-14(13)28-18(24)12-6-27-30(10-12)17-9-26-8-16(29-17)19(21,22)23;/h1-2,5-6,8-10,15,25H,3-4,7H2,(H2,24,28);1H/t15-;/m1./s1. The number of nitrogens with two attached hydrogens (primary N) is 1. The Morgan fingerprint density at radius 1 is 1.28 bits per heavy atom. The Labute approximate surface area is 192 Å². The minimum atomic E-state index is -4.61. The Morgan fingerprint density at radius 3 is 2.78 bits per heavy atom. The Bertz CT molecular complexity index is 1110. The number of nitrogens with zero attached hydrogens (tertiary/aromatic N) is 5. The number of amidine groups is 1. The van der Waals surface area contributed by atoms with Crippen LogP contribution in [0.2, 0.25) is 5.02 Å². The lowest BCUT2D eigenvalue weighted by atomic mass is 10.1. The van der Waals surface area contributed by atoms with Crippen LogP contribution in [0.4, 0.5) is 18.9 Å². The summed E-state index contributed by atoms with van der Waals surface area (Å²) in [5.74, 6) is -0.00577. The van der Waals surface area contributed by atoms with Gasteiger partial charge in [-0.2, -0.15) is 18.3 Å². The zero-order valence-corrected chi connectivity index (χ0v) is 18.0. The fraction of sp³-hybridized carbons (Fsp3) is 0.263. The fourth-order valence-electron chi connectivity index (χ4n) is 2.97. The number of benzene rings is 1. The largest absolute Gasteiger partial charge is 0.434 e. The molecule has 1 aliphatic heterocycles. The van der Waals surface area contributed by atoms with E-state index >= 15 is 0 Å². The second-order valence-corrected chi connectivity index (χ2v) is 7.11. The minimum absolute atomic E-state index is 0. The zero-order chi connectivity index (χ0) is 22.0. The van der Waals surface area contributed by atoms with Crippen LogP contribution in [0.5, 0.6) is 0 Å². The van der Waals surface area contributed by atoms with Crippen molar-refractivity contribution in [3.05, 3.63) is 64.8 Å². The van der Waals surface area contributed by atoms with E-state index in [1.807, 2.05) is 6.07 Å². The normalized spacial score (nSPS) is 17.1. The Kier molecular flexibility index (Phi) is 7.34. The average molecular weight is 488 g/mol. The number of halogens is 5. The van der Waals surface area contributed by atoms with Crippen molar-refractivity contribution in [2.45, 2.75) is 12.3 Å². The van der Waals surface area contributed by atoms with E-state index in [0.717, 1.165) is 23.0 Å². The molecule has 0 amide bonds. The number of aliphatic imine (C=N–C) groups is 1. The van der Waals surface area contributed by atoms with E-state index in [9.17, 15) is 13.2 Å². The molecule has 0 saturated carbocycles. The summed E-state index contributed by atoms with van der Waals surface area (Å²) in [4.78, 5) is 11.4. The maximum Gasteiger partial charge on any atom is 0.434 e. The van der Waals surface area contributed by atoms with E-state index in [2.05, 4.69) is 25.4 Å². The molecule has 0 unspecified atom stereocenters. The van der Waals surface area contributed by atoms with Crippen LogP contribution in [0.15, 0.2) is 48.0 Å². The summed E-state index contributed by atoms with van der Waals surface area (Å²) in [5.41, 5.74) is 6.69. The van der Waals surface area contributed by atoms with E-state index in [4.69, 9.17) is 22.1 Å². The molecule has 0 aliphatic carbocycles. The van der Waals surface area contributed by atoms with Crippen molar-refractivity contribution < 1.29 is 17.9 Å².